The summed E-state index contributed by atoms with van der Waals surface area (Å²) >= 11 is 0. The van der Waals surface area contributed by atoms with Crippen LogP contribution in [0.2, 0.25) is 0 Å². The maximum Gasteiger partial charge on any atom is 0.232 e. The van der Waals surface area contributed by atoms with Crippen LogP contribution >= 0.6 is 0 Å². The van der Waals surface area contributed by atoms with Gasteiger partial charge in [0.1, 0.15) is 23.6 Å². The molecule has 0 unspecified atom stereocenters. The zero-order valence-corrected chi connectivity index (χ0v) is 23.8. The van der Waals surface area contributed by atoms with Gasteiger partial charge in [-0.1, -0.05) is 6.92 Å². The summed E-state index contributed by atoms with van der Waals surface area (Å²) in [5.74, 6) is -1.39. The molecule has 1 aliphatic rings. The fourth-order valence-electron chi connectivity index (χ4n) is 5.21. The fourth-order valence-corrected chi connectivity index (χ4v) is 6.34. The van der Waals surface area contributed by atoms with E-state index in [9.17, 15) is 13.2 Å². The second-order valence-electron chi connectivity index (χ2n) is 10.1. The topological polar surface area (TPSA) is 113 Å². The van der Waals surface area contributed by atoms with Crippen molar-refractivity contribution >= 4 is 38.5 Å². The van der Waals surface area contributed by atoms with Crippen molar-refractivity contribution in [3.05, 3.63) is 60.8 Å². The molecule has 0 spiro atoms. The molecule has 3 aromatic heterocycles. The smallest absolute Gasteiger partial charge is 0.232 e. The molecular weight excluding hydrogens is 552 g/mol. The number of hydrogen-bond donors (Lipinski definition) is 1. The van der Waals surface area contributed by atoms with Gasteiger partial charge in [-0.25, -0.2) is 32.2 Å². The van der Waals surface area contributed by atoms with Crippen LogP contribution in [-0.2, 0) is 14.8 Å². The van der Waals surface area contributed by atoms with Crippen molar-refractivity contribution in [3.63, 3.8) is 0 Å². The number of fused-ring (bicyclic) bond motifs is 1. The van der Waals surface area contributed by atoms with Crippen molar-refractivity contribution in [1.29, 1.82) is 0 Å². The van der Waals surface area contributed by atoms with E-state index in [0.717, 1.165) is 25.0 Å². The third-order valence-corrected chi connectivity index (χ3v) is 8.85. The molecule has 1 aliphatic heterocycles. The molecule has 4 heterocycles. The molecule has 1 N–H and O–H groups in total. The lowest BCUT2D eigenvalue weighted by Gasteiger charge is -2.37. The van der Waals surface area contributed by atoms with Gasteiger partial charge in [0.25, 0.3) is 0 Å². The summed E-state index contributed by atoms with van der Waals surface area (Å²) < 4.78 is 59.3. The fraction of sp³-hybridized carbons (Fsp3) is 0.357. The third kappa shape index (κ3) is 5.71. The van der Waals surface area contributed by atoms with Crippen LogP contribution in [0, 0.1) is 11.6 Å². The van der Waals surface area contributed by atoms with Gasteiger partial charge in [0.05, 0.1) is 22.5 Å². The zero-order chi connectivity index (χ0) is 29.3. The maximum absolute atomic E-state index is 15.8. The Morgan fingerprint density at radius 3 is 2.49 bits per heavy atom. The first kappa shape index (κ1) is 28.4. The molecule has 0 atom stereocenters. The molecule has 1 amide bonds. The van der Waals surface area contributed by atoms with E-state index < -0.39 is 27.3 Å². The van der Waals surface area contributed by atoms with E-state index in [4.69, 9.17) is 4.98 Å². The summed E-state index contributed by atoms with van der Waals surface area (Å²) in [6.45, 7) is 4.58. The molecule has 13 heteroatoms. The van der Waals surface area contributed by atoms with Gasteiger partial charge in [-0.05, 0) is 43.5 Å². The van der Waals surface area contributed by atoms with Gasteiger partial charge in [0, 0.05) is 62.8 Å². The Kier molecular flexibility index (Phi) is 7.89. The van der Waals surface area contributed by atoms with Crippen LogP contribution in [0.1, 0.15) is 33.1 Å². The number of nitrogens with one attached hydrogen (secondary N) is 1. The first-order chi connectivity index (χ1) is 19.6. The Bertz CT molecular complexity index is 1690. The highest BCUT2D eigenvalue weighted by Crippen LogP contribution is 2.36. The number of hydrogen-bond acceptors (Lipinski definition) is 7. The summed E-state index contributed by atoms with van der Waals surface area (Å²) in [6.07, 6.45) is 8.02. The van der Waals surface area contributed by atoms with Crippen LogP contribution in [0.4, 0.5) is 20.3 Å². The number of anilines is 2. The van der Waals surface area contributed by atoms with Crippen molar-refractivity contribution in [3.8, 4) is 16.8 Å². The molecule has 5 rings (SSSR count). The minimum Gasteiger partial charge on any atom is -0.357 e. The van der Waals surface area contributed by atoms with Gasteiger partial charge >= 0.3 is 0 Å². The van der Waals surface area contributed by atoms with Gasteiger partial charge in [-0.3, -0.25) is 9.52 Å². The lowest BCUT2D eigenvalue weighted by molar-refractivity contribution is -0.129. The lowest BCUT2D eigenvalue weighted by Crippen LogP contribution is -2.45. The predicted octanol–water partition coefficient (Wildman–Crippen LogP) is 4.36. The van der Waals surface area contributed by atoms with E-state index in [-0.39, 0.29) is 23.4 Å². The number of halogens is 2. The largest absolute Gasteiger partial charge is 0.357 e. The SMILES string of the molecule is CCCS(=O)(=O)Nc1ccc(F)c(-n2cc(-c3cncnc3)c3nc(N(C)C4CCN(C(C)=O)CC4)ccc32)c1F. The van der Waals surface area contributed by atoms with Crippen LogP contribution in [0.25, 0.3) is 27.8 Å². The Labute approximate surface area is 237 Å². The number of aromatic nitrogens is 4. The number of likely N-dealkylation sites (tertiary alicyclic amines) is 1. The molecule has 1 saturated heterocycles. The number of pyridine rings is 1. The first-order valence-electron chi connectivity index (χ1n) is 13.3. The van der Waals surface area contributed by atoms with Crippen molar-refractivity contribution < 1.29 is 22.0 Å². The Balaban J connectivity index is 1.60. The summed E-state index contributed by atoms with van der Waals surface area (Å²) in [6, 6.07) is 5.78. The van der Waals surface area contributed by atoms with E-state index in [1.54, 1.807) is 44.6 Å². The molecule has 41 heavy (non-hydrogen) atoms. The second kappa shape index (κ2) is 11.4. The molecule has 0 saturated carbocycles. The summed E-state index contributed by atoms with van der Waals surface area (Å²) in [7, 11) is -1.87. The molecule has 0 radical (unpaired) electrons. The van der Waals surface area contributed by atoms with Gasteiger partial charge in [0.2, 0.25) is 15.9 Å². The Hall–Kier alpha value is -4.13. The van der Waals surface area contributed by atoms with Crippen molar-refractivity contribution in [2.24, 2.45) is 0 Å². The Morgan fingerprint density at radius 1 is 1.12 bits per heavy atom. The number of carbonyl (C=O) groups excluding carboxylic acids is 1. The monoisotopic (exact) mass is 583 g/mol. The van der Waals surface area contributed by atoms with Crippen LogP contribution in [0.5, 0.6) is 0 Å². The molecule has 0 aliphatic carbocycles. The van der Waals surface area contributed by atoms with Gasteiger partial charge < -0.3 is 14.4 Å². The van der Waals surface area contributed by atoms with Crippen LogP contribution in [-0.4, -0.2) is 70.7 Å². The van der Waals surface area contributed by atoms with Crippen LogP contribution in [0.3, 0.4) is 0 Å². The Morgan fingerprint density at radius 2 is 1.83 bits per heavy atom. The van der Waals surface area contributed by atoms with E-state index in [1.807, 2.05) is 11.9 Å². The van der Waals surface area contributed by atoms with Crippen LogP contribution < -0.4 is 9.62 Å². The number of benzene rings is 1. The van der Waals surface area contributed by atoms with Gasteiger partial charge in [0.15, 0.2) is 5.82 Å². The van der Waals surface area contributed by atoms with Crippen molar-refractivity contribution in [2.45, 2.75) is 39.2 Å². The number of carbonyl (C=O) groups is 1. The highest BCUT2D eigenvalue weighted by Gasteiger charge is 2.26. The van der Waals surface area contributed by atoms with E-state index in [1.165, 1.54) is 10.9 Å². The number of amides is 1. The number of sulfonamides is 1. The van der Waals surface area contributed by atoms with Crippen molar-refractivity contribution in [1.82, 2.24) is 24.4 Å². The summed E-state index contributed by atoms with van der Waals surface area (Å²) in [5.41, 5.74) is 1.26. The van der Waals surface area contributed by atoms with Gasteiger partial charge in [-0.2, -0.15) is 0 Å². The summed E-state index contributed by atoms with van der Waals surface area (Å²) in [4.78, 5) is 28.7. The van der Waals surface area contributed by atoms with E-state index in [0.29, 0.717) is 47.5 Å². The highest BCUT2D eigenvalue weighted by atomic mass is 32.2. The number of piperidine rings is 1. The van der Waals surface area contributed by atoms with Crippen LogP contribution in [0.15, 0.2) is 49.2 Å². The minimum atomic E-state index is -3.81. The molecule has 216 valence electrons. The quantitative estimate of drug-likeness (QED) is 0.328. The second-order valence-corrected chi connectivity index (χ2v) is 11.9. The molecule has 4 aromatic rings. The average molecular weight is 584 g/mol. The van der Waals surface area contributed by atoms with E-state index in [2.05, 4.69) is 19.6 Å². The van der Waals surface area contributed by atoms with Crippen molar-refractivity contribution in [2.75, 3.05) is 35.5 Å². The first-order valence-corrected chi connectivity index (χ1v) is 15.0. The maximum atomic E-state index is 15.8. The number of nitrogens with zero attached hydrogens (tertiary/aromatic N) is 6. The third-order valence-electron chi connectivity index (χ3n) is 7.37. The summed E-state index contributed by atoms with van der Waals surface area (Å²) in [5, 5.41) is 0. The number of rotatable bonds is 8. The molecular formula is C28H31F2N7O3S. The normalized spacial score (nSPS) is 14.4. The highest BCUT2D eigenvalue weighted by molar-refractivity contribution is 7.92. The minimum absolute atomic E-state index is 0.0587. The van der Waals surface area contributed by atoms with E-state index >= 15 is 8.78 Å². The van der Waals surface area contributed by atoms with Gasteiger partial charge in [-0.15, -0.1) is 0 Å². The molecule has 1 aromatic carbocycles. The average Bonchev–Trinajstić information content (AvgIpc) is 3.33. The lowest BCUT2D eigenvalue weighted by atomic mass is 10.0. The molecule has 1 fully saturated rings. The molecule has 10 nitrogen and oxygen atoms in total. The predicted molar refractivity (Wildman–Crippen MR) is 153 cm³/mol. The molecule has 0 bridgehead atoms. The zero-order valence-electron chi connectivity index (χ0n) is 23.0. The standard InChI is InChI=1S/C28H31F2N7O3S/c1-4-13-41(39,40)34-23-6-5-22(29)28(26(23)30)37-16-21(19-14-31-17-32-15-19)27-24(37)7-8-25(33-27)35(3)20-9-11-36(12-10-20)18(2)38/h5-8,14-17,20,34H,4,9-13H2,1-3H3.